The zero-order chi connectivity index (χ0) is 56.0. The fourth-order valence-electron chi connectivity index (χ4n) is 13.5. The highest BCUT2D eigenvalue weighted by Gasteiger charge is 2.47. The van der Waals surface area contributed by atoms with Gasteiger partial charge < -0.3 is 9.80 Å². The molecule has 2 aliphatic heterocycles. The van der Waals surface area contributed by atoms with E-state index < -0.39 is 0 Å². The fourth-order valence-corrected chi connectivity index (χ4v) is 14.8. The van der Waals surface area contributed by atoms with E-state index in [0.717, 1.165) is 5.69 Å². The zero-order valence-corrected chi connectivity index (χ0v) is 49.1. The van der Waals surface area contributed by atoms with Gasteiger partial charge in [-0.3, -0.25) is 0 Å². The molecular formula is C78H65BN2S. The topological polar surface area (TPSA) is 6.48 Å². The molecule has 0 radical (unpaired) electrons. The molecule has 13 aromatic rings. The van der Waals surface area contributed by atoms with Crippen LogP contribution in [0.1, 0.15) is 79.0 Å². The Balaban J connectivity index is 1.09. The molecule has 12 aromatic carbocycles. The Labute approximate surface area is 487 Å². The van der Waals surface area contributed by atoms with Crippen LogP contribution in [0.15, 0.2) is 231 Å². The summed E-state index contributed by atoms with van der Waals surface area (Å²) in [6, 6.07) is 88.4. The van der Waals surface area contributed by atoms with Crippen molar-refractivity contribution in [1.82, 2.24) is 0 Å². The minimum atomic E-state index is -0.102. The molecule has 82 heavy (non-hydrogen) atoms. The van der Waals surface area contributed by atoms with Gasteiger partial charge in [0.15, 0.2) is 0 Å². The summed E-state index contributed by atoms with van der Waals surface area (Å²) in [5.41, 5.74) is 23.1. The van der Waals surface area contributed by atoms with Gasteiger partial charge in [-0.2, -0.15) is 0 Å². The molecule has 0 bridgehead atoms. The summed E-state index contributed by atoms with van der Waals surface area (Å²) in [5, 5.41) is 9.04. The lowest BCUT2D eigenvalue weighted by Gasteiger charge is -2.44. The second-order valence-corrected chi connectivity index (χ2v) is 27.2. The van der Waals surface area contributed by atoms with Crippen LogP contribution >= 0.6 is 11.3 Å². The van der Waals surface area contributed by atoms with E-state index in [1.165, 1.54) is 148 Å². The van der Waals surface area contributed by atoms with Crippen LogP contribution in [0.3, 0.4) is 0 Å². The summed E-state index contributed by atoms with van der Waals surface area (Å²) in [6.07, 6.45) is 0. The molecule has 0 N–H and O–H groups in total. The second-order valence-electron chi connectivity index (χ2n) is 26.2. The number of fused-ring (bicyclic) bond motifs is 6. The van der Waals surface area contributed by atoms with Gasteiger partial charge in [-0.05, 0) is 176 Å². The van der Waals surface area contributed by atoms with Crippen molar-refractivity contribution in [3.8, 4) is 44.5 Å². The van der Waals surface area contributed by atoms with Crippen molar-refractivity contribution in [3.63, 3.8) is 0 Å². The molecule has 0 unspecified atom stereocenters. The molecule has 15 rings (SSSR count). The van der Waals surface area contributed by atoms with Crippen molar-refractivity contribution in [2.45, 2.75) is 78.6 Å². The number of anilines is 6. The number of hydrogen-bond donors (Lipinski definition) is 0. The van der Waals surface area contributed by atoms with Gasteiger partial charge >= 0.3 is 0 Å². The summed E-state index contributed by atoms with van der Waals surface area (Å²) >= 11 is 1.98. The van der Waals surface area contributed by atoms with Gasteiger partial charge in [-0.25, -0.2) is 0 Å². The number of rotatable bonds is 6. The van der Waals surface area contributed by atoms with Gasteiger partial charge in [0, 0.05) is 43.1 Å². The van der Waals surface area contributed by atoms with Crippen LogP contribution in [-0.4, -0.2) is 6.71 Å². The SMILES string of the molecule is CC(C)(C)c1ccc(N2c3ccc(-c4ccccc4)cc3B3c4sc5ccc(C(C)(C)C)cc5c4N(c4ccc(C(C)(C)C)cc4-c4ccccc4)c4cc(-c5ccccc5)cc2c43)c(-c2cc3ccc4cccc5ccc(c2)c3c45)c1. The maximum absolute atomic E-state index is 2.70. The Kier molecular flexibility index (Phi) is 11.3. The van der Waals surface area contributed by atoms with Crippen molar-refractivity contribution in [3.05, 3.63) is 247 Å². The third-order valence-electron chi connectivity index (χ3n) is 17.8. The van der Waals surface area contributed by atoms with Gasteiger partial charge in [0.2, 0.25) is 0 Å². The van der Waals surface area contributed by atoms with Crippen LogP contribution < -0.4 is 25.5 Å². The number of benzene rings is 12. The van der Waals surface area contributed by atoms with Crippen molar-refractivity contribution >= 4 is 110 Å². The maximum Gasteiger partial charge on any atom is 0.264 e. The molecule has 1 aromatic heterocycles. The van der Waals surface area contributed by atoms with Gasteiger partial charge in [-0.1, -0.05) is 226 Å². The van der Waals surface area contributed by atoms with Crippen LogP contribution in [0.4, 0.5) is 34.1 Å². The molecular weight excluding hydrogens is 1010 g/mol. The van der Waals surface area contributed by atoms with Gasteiger partial charge in [-0.15, -0.1) is 11.3 Å². The van der Waals surface area contributed by atoms with Gasteiger partial charge in [0.25, 0.3) is 6.71 Å². The molecule has 0 saturated carbocycles. The zero-order valence-electron chi connectivity index (χ0n) is 48.3. The average molecular weight is 1070 g/mol. The van der Waals surface area contributed by atoms with E-state index in [1.54, 1.807) is 0 Å². The second kappa shape index (κ2) is 18.4. The Morgan fingerprint density at radius 1 is 0.329 bits per heavy atom. The fraction of sp³-hybridized carbons (Fsp3) is 0.154. The van der Waals surface area contributed by atoms with E-state index in [0.29, 0.717) is 0 Å². The highest BCUT2D eigenvalue weighted by atomic mass is 32.1. The first-order valence-electron chi connectivity index (χ1n) is 29.2. The van der Waals surface area contributed by atoms with E-state index in [1.807, 2.05) is 11.3 Å². The summed E-state index contributed by atoms with van der Waals surface area (Å²) < 4.78 is 2.66. The van der Waals surface area contributed by atoms with Crippen molar-refractivity contribution in [1.29, 1.82) is 0 Å². The van der Waals surface area contributed by atoms with Crippen LogP contribution in [-0.2, 0) is 16.2 Å². The molecule has 0 spiro atoms. The normalized spacial score (nSPS) is 13.4. The summed E-state index contributed by atoms with van der Waals surface area (Å²) in [5.74, 6) is 0. The standard InChI is InChI=1S/C78H65BN2S/c1-76(2,3)58-34-38-66(61(45-58)50-24-17-12-18-25-50)81-69-44-56(49-22-15-11-16-23-49)43-68-73(69)79(75-74(81)63-47-60(78(7,8)9)35-39-70(63)82-75)64-42-53(48-20-13-10-14-21-48)32-36-67(64)80(68)65-37-33-59(77(4,5)6)46-62(65)57-40-54-30-28-51-26-19-27-52-29-31-55(41-57)72(54)71(51)52/h10-47H,1-9H3. The lowest BCUT2D eigenvalue weighted by molar-refractivity contribution is 0.590. The Morgan fingerprint density at radius 3 is 1.39 bits per heavy atom. The van der Waals surface area contributed by atoms with Crippen LogP contribution in [0.25, 0.3) is 86.9 Å². The Bertz CT molecular complexity index is 4620. The molecule has 3 heterocycles. The summed E-state index contributed by atoms with van der Waals surface area (Å²) in [6.45, 7) is 21.0. The quantitative estimate of drug-likeness (QED) is 0.121. The Morgan fingerprint density at radius 2 is 0.805 bits per heavy atom. The van der Waals surface area contributed by atoms with Crippen LogP contribution in [0, 0.1) is 0 Å². The largest absolute Gasteiger partial charge is 0.311 e. The van der Waals surface area contributed by atoms with Crippen LogP contribution in [0.2, 0.25) is 0 Å². The minimum Gasteiger partial charge on any atom is -0.311 e. The molecule has 4 heteroatoms. The van der Waals surface area contributed by atoms with Gasteiger partial charge in [0.05, 0.1) is 17.1 Å². The van der Waals surface area contributed by atoms with E-state index >= 15 is 0 Å². The average Bonchev–Trinajstić information content (AvgIpc) is 3.34. The smallest absolute Gasteiger partial charge is 0.264 e. The van der Waals surface area contributed by atoms with E-state index in [4.69, 9.17) is 0 Å². The third kappa shape index (κ3) is 8.05. The third-order valence-corrected chi connectivity index (χ3v) is 19.0. The van der Waals surface area contributed by atoms with Gasteiger partial charge in [0.1, 0.15) is 0 Å². The number of hydrogen-bond acceptors (Lipinski definition) is 3. The number of nitrogens with zero attached hydrogens (tertiary/aromatic N) is 2. The molecule has 2 nitrogen and oxygen atoms in total. The lowest BCUT2D eigenvalue weighted by Crippen LogP contribution is -2.60. The molecule has 0 fully saturated rings. The maximum atomic E-state index is 2.70. The van der Waals surface area contributed by atoms with E-state index in [2.05, 4.69) is 303 Å². The molecule has 396 valence electrons. The minimum absolute atomic E-state index is 0.0593. The highest BCUT2D eigenvalue weighted by molar-refractivity contribution is 7.33. The molecule has 0 atom stereocenters. The molecule has 2 aliphatic rings. The van der Waals surface area contributed by atoms with Crippen molar-refractivity contribution < 1.29 is 0 Å². The lowest BCUT2D eigenvalue weighted by atomic mass is 9.36. The van der Waals surface area contributed by atoms with E-state index in [9.17, 15) is 0 Å². The summed E-state index contributed by atoms with van der Waals surface area (Å²) in [4.78, 5) is 5.36. The molecule has 0 amide bonds. The Hall–Kier alpha value is -8.70. The van der Waals surface area contributed by atoms with Crippen LogP contribution in [0.5, 0.6) is 0 Å². The first-order chi connectivity index (χ1) is 39.5. The predicted molar refractivity (Wildman–Crippen MR) is 357 cm³/mol. The molecule has 0 saturated heterocycles. The first-order valence-corrected chi connectivity index (χ1v) is 30.0. The number of thiophene rings is 1. The first kappa shape index (κ1) is 50.3. The summed E-state index contributed by atoms with van der Waals surface area (Å²) in [7, 11) is 0. The monoisotopic (exact) mass is 1070 g/mol. The predicted octanol–water partition coefficient (Wildman–Crippen LogP) is 20.4. The van der Waals surface area contributed by atoms with E-state index in [-0.39, 0.29) is 23.0 Å². The molecule has 0 aliphatic carbocycles. The van der Waals surface area contributed by atoms with Crippen molar-refractivity contribution in [2.75, 3.05) is 9.80 Å². The highest BCUT2D eigenvalue weighted by Crippen LogP contribution is 2.54. The van der Waals surface area contributed by atoms with Crippen molar-refractivity contribution in [2.24, 2.45) is 0 Å².